The number of benzene rings is 2. The second-order valence-corrected chi connectivity index (χ2v) is 7.20. The number of imidazole rings is 1. The van der Waals surface area contributed by atoms with Gasteiger partial charge in [0.1, 0.15) is 17.2 Å². The standard InChI is InChI=1S/C21H17F2N5O2/c1-14(21(13-30-21)18-7-2-15(22)12-19(18)23)26-10-11-27(20(26)29)16-3-5-17(6-4-16)28-9-8-24-25-28/h2-12,14H,13H2,1H3/t14-,21-/m1/s1. The second kappa shape index (κ2) is 6.74. The van der Waals surface area contributed by atoms with Crippen LogP contribution in [0.5, 0.6) is 0 Å². The summed E-state index contributed by atoms with van der Waals surface area (Å²) in [4.78, 5) is 13.1. The molecule has 0 spiro atoms. The first-order valence-electron chi connectivity index (χ1n) is 9.36. The van der Waals surface area contributed by atoms with Crippen LogP contribution in [0.4, 0.5) is 8.78 Å². The Bertz CT molecular complexity index is 1260. The van der Waals surface area contributed by atoms with E-state index in [0.29, 0.717) is 5.69 Å². The number of hydrogen-bond donors (Lipinski definition) is 0. The molecule has 5 rings (SSSR count). The molecule has 4 aromatic rings. The average molecular weight is 409 g/mol. The molecule has 0 radical (unpaired) electrons. The van der Waals surface area contributed by atoms with Crippen molar-refractivity contribution in [2.45, 2.75) is 18.6 Å². The van der Waals surface area contributed by atoms with E-state index in [1.165, 1.54) is 21.3 Å². The van der Waals surface area contributed by atoms with Gasteiger partial charge in [0.05, 0.1) is 36.4 Å². The second-order valence-electron chi connectivity index (χ2n) is 7.20. The lowest BCUT2D eigenvalue weighted by Crippen LogP contribution is -2.32. The highest BCUT2D eigenvalue weighted by Crippen LogP contribution is 2.48. The summed E-state index contributed by atoms with van der Waals surface area (Å²) in [7, 11) is 0. The number of epoxide rings is 1. The monoisotopic (exact) mass is 409 g/mol. The maximum Gasteiger partial charge on any atom is 0.333 e. The Balaban J connectivity index is 1.47. The van der Waals surface area contributed by atoms with Crippen LogP contribution in [-0.2, 0) is 10.3 Å². The van der Waals surface area contributed by atoms with Crippen LogP contribution in [0.3, 0.4) is 0 Å². The van der Waals surface area contributed by atoms with Crippen molar-refractivity contribution >= 4 is 0 Å². The molecule has 0 unspecified atom stereocenters. The van der Waals surface area contributed by atoms with Crippen molar-refractivity contribution in [3.63, 3.8) is 0 Å². The molecule has 1 aliphatic heterocycles. The van der Waals surface area contributed by atoms with Gasteiger partial charge in [-0.1, -0.05) is 11.3 Å². The number of halogens is 2. The van der Waals surface area contributed by atoms with Gasteiger partial charge in [-0.15, -0.1) is 5.10 Å². The molecule has 1 aliphatic rings. The number of rotatable bonds is 5. The predicted octanol–water partition coefficient (Wildman–Crippen LogP) is 2.98. The fraction of sp³-hybridized carbons (Fsp3) is 0.190. The number of ether oxygens (including phenoxy) is 1. The van der Waals surface area contributed by atoms with E-state index in [9.17, 15) is 13.6 Å². The summed E-state index contributed by atoms with van der Waals surface area (Å²) >= 11 is 0. The van der Waals surface area contributed by atoms with Crippen molar-refractivity contribution in [1.29, 1.82) is 0 Å². The van der Waals surface area contributed by atoms with E-state index in [-0.39, 0.29) is 17.9 Å². The maximum absolute atomic E-state index is 14.4. The van der Waals surface area contributed by atoms with Crippen LogP contribution in [0.25, 0.3) is 11.4 Å². The van der Waals surface area contributed by atoms with E-state index in [1.807, 2.05) is 12.1 Å². The zero-order chi connectivity index (χ0) is 20.9. The molecule has 0 amide bonds. The molecule has 0 saturated carbocycles. The lowest BCUT2D eigenvalue weighted by atomic mass is 9.92. The van der Waals surface area contributed by atoms with Gasteiger partial charge in [-0.2, -0.15) is 0 Å². The third kappa shape index (κ3) is 2.86. The SMILES string of the molecule is C[C@@H](n1ccn(-c2ccc(-n3ccnn3)cc2)c1=O)[C@@]1(c2ccc(F)cc2F)CO1. The Morgan fingerprint density at radius 1 is 1.07 bits per heavy atom. The molecule has 2 atom stereocenters. The van der Waals surface area contributed by atoms with Crippen LogP contribution in [0, 0.1) is 11.6 Å². The van der Waals surface area contributed by atoms with Gasteiger partial charge in [-0.25, -0.2) is 18.3 Å². The summed E-state index contributed by atoms with van der Waals surface area (Å²) in [5, 5.41) is 7.71. The van der Waals surface area contributed by atoms with Crippen molar-refractivity contribution in [2.75, 3.05) is 6.61 Å². The zero-order valence-corrected chi connectivity index (χ0v) is 15.9. The van der Waals surface area contributed by atoms with Crippen molar-refractivity contribution < 1.29 is 13.5 Å². The first-order chi connectivity index (χ1) is 14.5. The van der Waals surface area contributed by atoms with Gasteiger partial charge in [0.25, 0.3) is 0 Å². The topological polar surface area (TPSA) is 70.2 Å². The van der Waals surface area contributed by atoms with Crippen LogP contribution >= 0.6 is 0 Å². The molecule has 0 aliphatic carbocycles. The first kappa shape index (κ1) is 18.4. The summed E-state index contributed by atoms with van der Waals surface area (Å²) < 4.78 is 37.9. The molecule has 0 bridgehead atoms. The van der Waals surface area contributed by atoms with Crippen molar-refractivity contribution in [3.05, 3.63) is 94.9 Å². The number of hydrogen-bond acceptors (Lipinski definition) is 4. The molecule has 2 aromatic heterocycles. The normalized spacial score (nSPS) is 19.0. The van der Waals surface area contributed by atoms with Crippen molar-refractivity contribution in [3.8, 4) is 11.4 Å². The summed E-state index contributed by atoms with van der Waals surface area (Å²) in [5.74, 6) is -1.34. The fourth-order valence-electron chi connectivity index (χ4n) is 3.75. The lowest BCUT2D eigenvalue weighted by molar-refractivity contribution is 0.222. The van der Waals surface area contributed by atoms with Crippen molar-refractivity contribution in [2.24, 2.45) is 0 Å². The van der Waals surface area contributed by atoms with Crippen LogP contribution < -0.4 is 5.69 Å². The molecule has 30 heavy (non-hydrogen) atoms. The van der Waals surface area contributed by atoms with Gasteiger partial charge in [-0.3, -0.25) is 9.13 Å². The third-order valence-corrected chi connectivity index (χ3v) is 5.55. The maximum atomic E-state index is 14.4. The largest absolute Gasteiger partial charge is 0.362 e. The smallest absolute Gasteiger partial charge is 0.333 e. The van der Waals surface area contributed by atoms with E-state index >= 15 is 0 Å². The van der Waals surface area contributed by atoms with Crippen LogP contribution in [0.15, 0.2) is 72.0 Å². The Morgan fingerprint density at radius 2 is 1.80 bits per heavy atom. The highest BCUT2D eigenvalue weighted by Gasteiger charge is 2.54. The van der Waals surface area contributed by atoms with E-state index in [4.69, 9.17) is 4.74 Å². The summed E-state index contributed by atoms with van der Waals surface area (Å²) in [6, 6.07) is 10.2. The Labute approximate surface area is 169 Å². The highest BCUT2D eigenvalue weighted by atomic mass is 19.1. The van der Waals surface area contributed by atoms with Gasteiger partial charge < -0.3 is 4.74 Å². The Kier molecular flexibility index (Phi) is 4.14. The molecule has 2 aromatic carbocycles. The van der Waals surface area contributed by atoms with Crippen molar-refractivity contribution in [1.82, 2.24) is 24.1 Å². The van der Waals surface area contributed by atoms with Gasteiger partial charge >= 0.3 is 5.69 Å². The van der Waals surface area contributed by atoms with Crippen LogP contribution in [0.2, 0.25) is 0 Å². The molecule has 7 nitrogen and oxygen atoms in total. The Hall–Kier alpha value is -3.59. The van der Waals surface area contributed by atoms with Gasteiger partial charge in [0.15, 0.2) is 0 Å². The summed E-state index contributed by atoms with van der Waals surface area (Å²) in [6.45, 7) is 2.04. The lowest BCUT2D eigenvalue weighted by Gasteiger charge is -2.22. The minimum atomic E-state index is -0.995. The quantitative estimate of drug-likeness (QED) is 0.475. The van der Waals surface area contributed by atoms with E-state index in [1.54, 1.807) is 48.5 Å². The molecule has 1 saturated heterocycles. The zero-order valence-electron chi connectivity index (χ0n) is 15.9. The highest BCUT2D eigenvalue weighted by molar-refractivity contribution is 5.41. The predicted molar refractivity (Wildman–Crippen MR) is 104 cm³/mol. The third-order valence-electron chi connectivity index (χ3n) is 5.55. The molecular weight excluding hydrogens is 392 g/mol. The Morgan fingerprint density at radius 3 is 2.43 bits per heavy atom. The van der Waals surface area contributed by atoms with Crippen LogP contribution in [0.1, 0.15) is 18.5 Å². The number of aromatic nitrogens is 5. The summed E-state index contributed by atoms with van der Waals surface area (Å²) in [5.41, 5.74) is 0.453. The van der Waals surface area contributed by atoms with Gasteiger partial charge in [0, 0.05) is 24.0 Å². The van der Waals surface area contributed by atoms with Crippen LogP contribution in [-0.4, -0.2) is 30.7 Å². The molecule has 9 heteroatoms. The summed E-state index contributed by atoms with van der Waals surface area (Å²) in [6.07, 6.45) is 6.60. The van der Waals surface area contributed by atoms with Gasteiger partial charge in [-0.05, 0) is 37.3 Å². The first-order valence-corrected chi connectivity index (χ1v) is 9.36. The molecule has 1 fully saturated rings. The minimum absolute atomic E-state index is 0.244. The molecule has 0 N–H and O–H groups in total. The van der Waals surface area contributed by atoms with E-state index in [2.05, 4.69) is 10.3 Å². The molecule has 152 valence electrons. The van der Waals surface area contributed by atoms with Gasteiger partial charge in [0.2, 0.25) is 0 Å². The molecular formula is C21H17F2N5O2. The molecule has 3 heterocycles. The van der Waals surface area contributed by atoms with E-state index < -0.39 is 23.3 Å². The minimum Gasteiger partial charge on any atom is -0.362 e. The van der Waals surface area contributed by atoms with E-state index in [0.717, 1.165) is 11.8 Å². The average Bonchev–Trinajstić information content (AvgIpc) is 3.18. The number of nitrogens with zero attached hydrogens (tertiary/aromatic N) is 5. The fourth-order valence-corrected chi connectivity index (χ4v) is 3.75.